The molecule has 1 aliphatic heterocycles. The molecule has 0 spiro atoms. The van der Waals surface area contributed by atoms with E-state index in [0.717, 1.165) is 19.6 Å². The Bertz CT molecular complexity index is 361. The maximum atomic E-state index is 4.52. The van der Waals surface area contributed by atoms with Gasteiger partial charge >= 0.3 is 0 Å². The van der Waals surface area contributed by atoms with Crippen molar-refractivity contribution in [2.45, 2.75) is 39.8 Å². The molecular weight excluding hydrogens is 218 g/mol. The van der Waals surface area contributed by atoms with Crippen LogP contribution in [0.5, 0.6) is 0 Å². The van der Waals surface area contributed by atoms with Crippen molar-refractivity contribution in [3.8, 4) is 0 Å². The summed E-state index contributed by atoms with van der Waals surface area (Å²) in [5.74, 6) is 0. The van der Waals surface area contributed by atoms with E-state index in [1.807, 2.05) is 11.3 Å². The van der Waals surface area contributed by atoms with Crippen LogP contribution in [0.15, 0.2) is 0 Å². The average Bonchev–Trinajstić information content (AvgIpc) is 2.57. The van der Waals surface area contributed by atoms with Gasteiger partial charge in [0.1, 0.15) is 0 Å². The molecule has 1 saturated heterocycles. The fraction of sp³-hybridized carbons (Fsp3) is 0.750. The normalized spacial score (nSPS) is 24.6. The van der Waals surface area contributed by atoms with E-state index in [-0.39, 0.29) is 0 Å². The fourth-order valence-corrected chi connectivity index (χ4v) is 3.43. The molecule has 4 heteroatoms. The molecule has 0 bridgehead atoms. The maximum Gasteiger partial charge on any atom is 0.0900 e. The van der Waals surface area contributed by atoms with E-state index in [2.05, 4.69) is 42.9 Å². The lowest BCUT2D eigenvalue weighted by molar-refractivity contribution is 0.160. The number of hydrogen-bond acceptors (Lipinski definition) is 4. The highest BCUT2D eigenvalue weighted by atomic mass is 32.1. The van der Waals surface area contributed by atoms with Crippen molar-refractivity contribution in [3.05, 3.63) is 15.6 Å². The fourth-order valence-electron chi connectivity index (χ4n) is 2.41. The second kappa shape index (κ2) is 4.82. The van der Waals surface area contributed by atoms with Crippen LogP contribution in [0.1, 0.15) is 35.5 Å². The number of nitrogens with one attached hydrogen (secondary N) is 1. The topological polar surface area (TPSA) is 28.2 Å². The molecule has 0 radical (unpaired) electrons. The summed E-state index contributed by atoms with van der Waals surface area (Å²) >= 11 is 1.84. The van der Waals surface area contributed by atoms with Crippen molar-refractivity contribution in [3.63, 3.8) is 0 Å². The Morgan fingerprint density at radius 2 is 2.25 bits per heavy atom. The summed E-state index contributed by atoms with van der Waals surface area (Å²) in [6, 6.07) is 1.11. The van der Waals surface area contributed by atoms with Gasteiger partial charge in [-0.1, -0.05) is 0 Å². The van der Waals surface area contributed by atoms with Gasteiger partial charge in [0.2, 0.25) is 0 Å². The third-order valence-electron chi connectivity index (χ3n) is 3.27. The summed E-state index contributed by atoms with van der Waals surface area (Å²) in [7, 11) is 0. The third-order valence-corrected chi connectivity index (χ3v) is 4.51. The Morgan fingerprint density at radius 3 is 2.81 bits per heavy atom. The monoisotopic (exact) mass is 239 g/mol. The molecule has 1 aromatic rings. The minimum absolute atomic E-state index is 0.510. The lowest BCUT2D eigenvalue weighted by Gasteiger charge is -2.35. The van der Waals surface area contributed by atoms with E-state index in [9.17, 15) is 0 Å². The quantitative estimate of drug-likeness (QED) is 0.857. The van der Waals surface area contributed by atoms with Crippen LogP contribution in [0.25, 0.3) is 0 Å². The zero-order chi connectivity index (χ0) is 11.7. The van der Waals surface area contributed by atoms with Crippen molar-refractivity contribution >= 4 is 11.3 Å². The van der Waals surface area contributed by atoms with Crippen LogP contribution >= 0.6 is 11.3 Å². The van der Waals surface area contributed by atoms with E-state index >= 15 is 0 Å². The van der Waals surface area contributed by atoms with Crippen LogP contribution < -0.4 is 5.32 Å². The minimum Gasteiger partial charge on any atom is -0.312 e. The molecule has 1 N–H and O–H groups in total. The first kappa shape index (κ1) is 12.0. The van der Waals surface area contributed by atoms with Crippen molar-refractivity contribution < 1.29 is 0 Å². The molecule has 1 aromatic heterocycles. The van der Waals surface area contributed by atoms with Crippen LogP contribution in [-0.4, -0.2) is 35.6 Å². The van der Waals surface area contributed by atoms with Crippen LogP contribution in [0.4, 0.5) is 0 Å². The van der Waals surface area contributed by atoms with Crippen LogP contribution in [0.3, 0.4) is 0 Å². The SMILES string of the molecule is Cc1nc(C)c(C(C)N2CCNC(C)C2)s1. The smallest absolute Gasteiger partial charge is 0.0900 e. The number of aryl methyl sites for hydroxylation is 2. The van der Waals surface area contributed by atoms with Crippen molar-refractivity contribution in [2.24, 2.45) is 0 Å². The second-order valence-corrected chi connectivity index (χ2v) is 5.94. The molecule has 1 aliphatic rings. The molecule has 0 saturated carbocycles. The summed E-state index contributed by atoms with van der Waals surface area (Å²) in [5.41, 5.74) is 1.21. The molecule has 2 atom stereocenters. The maximum absolute atomic E-state index is 4.52. The van der Waals surface area contributed by atoms with Crippen LogP contribution in [-0.2, 0) is 0 Å². The van der Waals surface area contributed by atoms with Crippen LogP contribution in [0.2, 0.25) is 0 Å². The Labute approximate surface area is 102 Å². The number of aromatic nitrogens is 1. The minimum atomic E-state index is 0.510. The average molecular weight is 239 g/mol. The van der Waals surface area contributed by atoms with Gasteiger partial charge in [-0.05, 0) is 27.7 Å². The predicted octanol–water partition coefficient (Wildman–Crippen LogP) is 2.11. The molecule has 2 heterocycles. The van der Waals surface area contributed by atoms with Gasteiger partial charge in [-0.3, -0.25) is 4.90 Å². The van der Waals surface area contributed by atoms with E-state index in [1.165, 1.54) is 15.6 Å². The standard InChI is InChI=1S/C12H21N3S/c1-8-7-15(6-5-13-8)10(3)12-9(2)14-11(4)16-12/h8,10,13H,5-7H2,1-4H3. The van der Waals surface area contributed by atoms with Crippen molar-refractivity contribution in [1.82, 2.24) is 15.2 Å². The molecule has 1 fully saturated rings. The molecule has 0 aromatic carbocycles. The Kier molecular flexibility index (Phi) is 3.62. The zero-order valence-corrected chi connectivity index (χ0v) is 11.4. The van der Waals surface area contributed by atoms with Gasteiger partial charge in [0.15, 0.2) is 0 Å². The number of hydrogen-bond donors (Lipinski definition) is 1. The van der Waals surface area contributed by atoms with Gasteiger partial charge < -0.3 is 5.32 Å². The van der Waals surface area contributed by atoms with E-state index in [0.29, 0.717) is 12.1 Å². The zero-order valence-electron chi connectivity index (χ0n) is 10.6. The van der Waals surface area contributed by atoms with Crippen LogP contribution in [0, 0.1) is 13.8 Å². The highest BCUT2D eigenvalue weighted by Crippen LogP contribution is 2.29. The summed E-state index contributed by atoms with van der Waals surface area (Å²) in [6.45, 7) is 12.2. The summed E-state index contributed by atoms with van der Waals surface area (Å²) in [5, 5.41) is 4.67. The first-order chi connectivity index (χ1) is 7.58. The highest BCUT2D eigenvalue weighted by molar-refractivity contribution is 7.11. The molecule has 0 amide bonds. The summed E-state index contributed by atoms with van der Waals surface area (Å²) < 4.78 is 0. The summed E-state index contributed by atoms with van der Waals surface area (Å²) in [4.78, 5) is 8.52. The molecule has 90 valence electrons. The number of thiazole rings is 1. The highest BCUT2D eigenvalue weighted by Gasteiger charge is 2.24. The Hall–Kier alpha value is -0.450. The first-order valence-corrected chi connectivity index (χ1v) is 6.81. The van der Waals surface area contributed by atoms with Crippen molar-refractivity contribution in [2.75, 3.05) is 19.6 Å². The number of rotatable bonds is 2. The molecular formula is C12H21N3S. The van der Waals surface area contributed by atoms with E-state index in [4.69, 9.17) is 0 Å². The van der Waals surface area contributed by atoms with Gasteiger partial charge in [-0.2, -0.15) is 0 Å². The lowest BCUT2D eigenvalue weighted by atomic mass is 10.1. The van der Waals surface area contributed by atoms with Gasteiger partial charge in [0.05, 0.1) is 10.7 Å². The van der Waals surface area contributed by atoms with Gasteiger partial charge in [0.25, 0.3) is 0 Å². The molecule has 2 unspecified atom stereocenters. The van der Waals surface area contributed by atoms with Crippen molar-refractivity contribution in [1.29, 1.82) is 0 Å². The third kappa shape index (κ3) is 2.44. The molecule has 2 rings (SSSR count). The lowest BCUT2D eigenvalue weighted by Crippen LogP contribution is -2.49. The number of nitrogens with zero attached hydrogens (tertiary/aromatic N) is 2. The number of piperazine rings is 1. The van der Waals surface area contributed by atoms with Gasteiger partial charge in [-0.15, -0.1) is 11.3 Å². The summed E-state index contributed by atoms with van der Waals surface area (Å²) in [6.07, 6.45) is 0. The Balaban J connectivity index is 2.11. The van der Waals surface area contributed by atoms with E-state index in [1.54, 1.807) is 0 Å². The molecule has 3 nitrogen and oxygen atoms in total. The van der Waals surface area contributed by atoms with Gasteiger partial charge in [0, 0.05) is 36.6 Å². The first-order valence-electron chi connectivity index (χ1n) is 5.99. The predicted molar refractivity (Wildman–Crippen MR) is 69.0 cm³/mol. The Morgan fingerprint density at radius 1 is 1.50 bits per heavy atom. The van der Waals surface area contributed by atoms with Gasteiger partial charge in [-0.25, -0.2) is 4.98 Å². The van der Waals surface area contributed by atoms with E-state index < -0.39 is 0 Å². The largest absolute Gasteiger partial charge is 0.312 e. The molecule has 0 aliphatic carbocycles. The molecule has 16 heavy (non-hydrogen) atoms. The second-order valence-electron chi connectivity index (χ2n) is 4.71.